The standard InChI is InChI=1S/C15H11BrN2O2/c1-9-7-10(5-6-12(9)16)18-8-17-14-11(15(19)20)3-2-4-13(14)18/h2-8H,1H3,(H,19,20). The van der Waals surface area contributed by atoms with Crippen molar-refractivity contribution in [1.82, 2.24) is 9.55 Å². The average molecular weight is 331 g/mol. The highest BCUT2D eigenvalue weighted by atomic mass is 79.9. The highest BCUT2D eigenvalue weighted by Gasteiger charge is 2.13. The Morgan fingerprint density at radius 3 is 2.80 bits per heavy atom. The molecule has 0 saturated carbocycles. The van der Waals surface area contributed by atoms with Gasteiger partial charge in [0.1, 0.15) is 11.8 Å². The maximum atomic E-state index is 11.2. The predicted molar refractivity (Wildman–Crippen MR) is 80.5 cm³/mol. The van der Waals surface area contributed by atoms with Gasteiger partial charge in [0.2, 0.25) is 0 Å². The maximum absolute atomic E-state index is 11.2. The first-order valence-electron chi connectivity index (χ1n) is 6.04. The zero-order valence-electron chi connectivity index (χ0n) is 10.7. The number of rotatable bonds is 2. The molecule has 0 fully saturated rings. The normalized spacial score (nSPS) is 10.9. The molecule has 100 valence electrons. The summed E-state index contributed by atoms with van der Waals surface area (Å²) in [5.74, 6) is -0.965. The summed E-state index contributed by atoms with van der Waals surface area (Å²) in [6.07, 6.45) is 1.65. The lowest BCUT2D eigenvalue weighted by atomic mass is 10.1. The molecule has 0 saturated heterocycles. The van der Waals surface area contributed by atoms with E-state index >= 15 is 0 Å². The maximum Gasteiger partial charge on any atom is 0.337 e. The van der Waals surface area contributed by atoms with Gasteiger partial charge in [0.05, 0.1) is 11.1 Å². The second-order valence-corrected chi connectivity index (χ2v) is 5.38. The van der Waals surface area contributed by atoms with E-state index in [2.05, 4.69) is 20.9 Å². The fraction of sp³-hybridized carbons (Fsp3) is 0.0667. The van der Waals surface area contributed by atoms with Crippen molar-refractivity contribution in [3.8, 4) is 5.69 Å². The lowest BCUT2D eigenvalue weighted by Crippen LogP contribution is -1.98. The lowest BCUT2D eigenvalue weighted by molar-refractivity contribution is 0.0699. The van der Waals surface area contributed by atoms with Crippen LogP contribution in [0.4, 0.5) is 0 Å². The quantitative estimate of drug-likeness (QED) is 0.777. The van der Waals surface area contributed by atoms with Crippen molar-refractivity contribution in [1.29, 1.82) is 0 Å². The van der Waals surface area contributed by atoms with Gasteiger partial charge in [0, 0.05) is 10.2 Å². The molecule has 4 nitrogen and oxygen atoms in total. The number of benzene rings is 2. The number of nitrogens with zero attached hydrogens (tertiary/aromatic N) is 2. The number of imidazole rings is 1. The molecule has 0 unspecified atom stereocenters. The SMILES string of the molecule is Cc1cc(-n2cnc3c(C(=O)O)cccc32)ccc1Br. The van der Waals surface area contributed by atoms with Gasteiger partial charge in [-0.2, -0.15) is 0 Å². The number of aromatic carboxylic acids is 1. The minimum Gasteiger partial charge on any atom is -0.478 e. The van der Waals surface area contributed by atoms with E-state index in [-0.39, 0.29) is 5.56 Å². The van der Waals surface area contributed by atoms with Crippen molar-refractivity contribution in [3.05, 3.63) is 58.3 Å². The highest BCUT2D eigenvalue weighted by Crippen LogP contribution is 2.24. The Kier molecular flexibility index (Phi) is 3.06. The molecule has 0 aliphatic heterocycles. The smallest absolute Gasteiger partial charge is 0.337 e. The Labute approximate surface area is 123 Å². The first-order chi connectivity index (χ1) is 9.58. The molecular weight excluding hydrogens is 320 g/mol. The van der Waals surface area contributed by atoms with Crippen LogP contribution in [0.5, 0.6) is 0 Å². The number of aryl methyl sites for hydroxylation is 1. The van der Waals surface area contributed by atoms with Gasteiger partial charge in [0.25, 0.3) is 0 Å². The molecule has 5 heteroatoms. The van der Waals surface area contributed by atoms with Crippen molar-refractivity contribution in [2.75, 3.05) is 0 Å². The van der Waals surface area contributed by atoms with E-state index in [1.165, 1.54) is 0 Å². The van der Waals surface area contributed by atoms with E-state index in [0.717, 1.165) is 21.2 Å². The minimum atomic E-state index is -0.965. The first kappa shape index (κ1) is 12.9. The van der Waals surface area contributed by atoms with Gasteiger partial charge in [-0.15, -0.1) is 0 Å². The van der Waals surface area contributed by atoms with Crippen LogP contribution in [-0.2, 0) is 0 Å². The van der Waals surface area contributed by atoms with E-state index in [1.54, 1.807) is 18.5 Å². The summed E-state index contributed by atoms with van der Waals surface area (Å²) >= 11 is 3.47. The van der Waals surface area contributed by atoms with Crippen molar-refractivity contribution < 1.29 is 9.90 Å². The monoisotopic (exact) mass is 330 g/mol. The van der Waals surface area contributed by atoms with Gasteiger partial charge in [-0.05, 0) is 42.8 Å². The molecule has 2 aromatic carbocycles. The lowest BCUT2D eigenvalue weighted by Gasteiger charge is -2.07. The number of hydrogen-bond donors (Lipinski definition) is 1. The van der Waals surface area contributed by atoms with Crippen LogP contribution in [0.1, 0.15) is 15.9 Å². The molecular formula is C15H11BrN2O2. The zero-order chi connectivity index (χ0) is 14.3. The average Bonchev–Trinajstić information content (AvgIpc) is 2.85. The fourth-order valence-electron chi connectivity index (χ4n) is 2.20. The molecule has 20 heavy (non-hydrogen) atoms. The predicted octanol–water partition coefficient (Wildman–Crippen LogP) is 3.79. The second-order valence-electron chi connectivity index (χ2n) is 4.53. The molecule has 1 N–H and O–H groups in total. The number of carboxylic acid groups (broad SMARTS) is 1. The van der Waals surface area contributed by atoms with Crippen LogP contribution in [0.3, 0.4) is 0 Å². The van der Waals surface area contributed by atoms with E-state index in [4.69, 9.17) is 0 Å². The summed E-state index contributed by atoms with van der Waals surface area (Å²) in [7, 11) is 0. The van der Waals surface area contributed by atoms with E-state index in [1.807, 2.05) is 35.8 Å². The van der Waals surface area contributed by atoms with Crippen molar-refractivity contribution in [3.63, 3.8) is 0 Å². The van der Waals surface area contributed by atoms with Gasteiger partial charge in [-0.25, -0.2) is 9.78 Å². The Hall–Kier alpha value is -2.14. The third-order valence-electron chi connectivity index (χ3n) is 3.23. The van der Waals surface area contributed by atoms with Crippen LogP contribution >= 0.6 is 15.9 Å². The number of para-hydroxylation sites is 1. The van der Waals surface area contributed by atoms with E-state index in [9.17, 15) is 9.90 Å². The number of carboxylic acids is 1. The topological polar surface area (TPSA) is 55.1 Å². The minimum absolute atomic E-state index is 0.218. The molecule has 1 aromatic heterocycles. The zero-order valence-corrected chi connectivity index (χ0v) is 12.3. The first-order valence-corrected chi connectivity index (χ1v) is 6.83. The van der Waals surface area contributed by atoms with Crippen LogP contribution in [-0.4, -0.2) is 20.6 Å². The fourth-order valence-corrected chi connectivity index (χ4v) is 2.44. The highest BCUT2D eigenvalue weighted by molar-refractivity contribution is 9.10. The third-order valence-corrected chi connectivity index (χ3v) is 4.12. The van der Waals surface area contributed by atoms with Gasteiger partial charge in [-0.3, -0.25) is 4.57 Å². The molecule has 0 atom stereocenters. The molecule has 3 rings (SSSR count). The molecule has 0 spiro atoms. The van der Waals surface area contributed by atoms with Crippen LogP contribution in [0, 0.1) is 6.92 Å². The molecule has 0 aliphatic rings. The van der Waals surface area contributed by atoms with Crippen LogP contribution in [0.15, 0.2) is 47.2 Å². The molecule has 0 amide bonds. The van der Waals surface area contributed by atoms with E-state index in [0.29, 0.717) is 5.52 Å². The summed E-state index contributed by atoms with van der Waals surface area (Å²) in [6, 6.07) is 11.1. The van der Waals surface area contributed by atoms with Gasteiger partial charge < -0.3 is 5.11 Å². The summed E-state index contributed by atoms with van der Waals surface area (Å²) in [4.78, 5) is 15.4. The molecule has 0 aliphatic carbocycles. The van der Waals surface area contributed by atoms with Gasteiger partial charge in [-0.1, -0.05) is 22.0 Å². The summed E-state index contributed by atoms with van der Waals surface area (Å²) in [5, 5.41) is 9.19. The summed E-state index contributed by atoms with van der Waals surface area (Å²) in [5.41, 5.74) is 3.57. The molecule has 0 radical (unpaired) electrons. The number of halogens is 1. The Bertz CT molecular complexity index is 824. The van der Waals surface area contributed by atoms with Crippen molar-refractivity contribution >= 4 is 32.9 Å². The largest absolute Gasteiger partial charge is 0.478 e. The summed E-state index contributed by atoms with van der Waals surface area (Å²) < 4.78 is 2.93. The third kappa shape index (κ3) is 2.00. The number of carbonyl (C=O) groups is 1. The number of hydrogen-bond acceptors (Lipinski definition) is 2. The van der Waals surface area contributed by atoms with E-state index < -0.39 is 5.97 Å². The Morgan fingerprint density at radius 1 is 1.30 bits per heavy atom. The Balaban J connectivity index is 2.25. The number of fused-ring (bicyclic) bond motifs is 1. The van der Waals surface area contributed by atoms with Crippen molar-refractivity contribution in [2.24, 2.45) is 0 Å². The van der Waals surface area contributed by atoms with Crippen LogP contribution < -0.4 is 0 Å². The molecule has 1 heterocycles. The summed E-state index contributed by atoms with van der Waals surface area (Å²) in [6.45, 7) is 2.01. The molecule has 0 bridgehead atoms. The van der Waals surface area contributed by atoms with Gasteiger partial charge >= 0.3 is 5.97 Å². The van der Waals surface area contributed by atoms with Crippen LogP contribution in [0.2, 0.25) is 0 Å². The van der Waals surface area contributed by atoms with Gasteiger partial charge in [0.15, 0.2) is 0 Å². The number of aromatic nitrogens is 2. The Morgan fingerprint density at radius 2 is 2.10 bits per heavy atom. The van der Waals surface area contributed by atoms with Crippen LogP contribution in [0.25, 0.3) is 16.7 Å². The second kappa shape index (κ2) is 4.76. The molecule has 3 aromatic rings. The van der Waals surface area contributed by atoms with Crippen molar-refractivity contribution in [2.45, 2.75) is 6.92 Å².